The van der Waals surface area contributed by atoms with Crippen LogP contribution >= 0.6 is 0 Å². The monoisotopic (exact) mass is 553 g/mol. The zero-order valence-corrected chi connectivity index (χ0v) is 23.8. The van der Waals surface area contributed by atoms with Gasteiger partial charge in [-0.1, -0.05) is 61.9 Å². The zero-order chi connectivity index (χ0) is 28.7. The first-order chi connectivity index (χ1) is 18.4. The Bertz CT molecular complexity index is 1390. The second-order valence-electron chi connectivity index (χ2n) is 10.1. The average molecular weight is 554 g/mol. The van der Waals surface area contributed by atoms with Crippen LogP contribution in [-0.4, -0.2) is 44.3 Å². The molecule has 0 saturated heterocycles. The lowest BCUT2D eigenvalue weighted by Crippen LogP contribution is -2.51. The lowest BCUT2D eigenvalue weighted by molar-refractivity contribution is -0.139. The van der Waals surface area contributed by atoms with Crippen LogP contribution in [0, 0.1) is 25.6 Å². The van der Waals surface area contributed by atoms with Gasteiger partial charge in [0, 0.05) is 13.1 Å². The molecule has 208 valence electrons. The Balaban J connectivity index is 2.03. The SMILES string of the molecule is Cc1ccc(N(CC(=O)N(Cc2ccc(F)cc2)[C@H](C)C(=O)NCC(C)C)S(=O)(=O)c2ccccc2)c(C)c1. The standard InChI is InChI=1S/C30H36FN3O4S/c1-21(2)18-32-30(36)24(5)33(19-25-12-14-26(31)15-13-25)29(35)20-34(28-16-11-22(3)17-23(28)4)39(37,38)27-9-7-6-8-10-27/h6-17,21,24H,18-20H2,1-5H3,(H,32,36)/t24-/m1/s1. The topological polar surface area (TPSA) is 86.8 Å². The van der Waals surface area contributed by atoms with Crippen molar-refractivity contribution < 1.29 is 22.4 Å². The van der Waals surface area contributed by atoms with E-state index in [2.05, 4.69) is 5.32 Å². The molecule has 1 atom stereocenters. The number of amides is 2. The second kappa shape index (κ2) is 12.9. The number of nitrogens with zero attached hydrogens (tertiary/aromatic N) is 2. The summed E-state index contributed by atoms with van der Waals surface area (Å²) < 4.78 is 42.3. The molecule has 9 heteroatoms. The first-order valence-electron chi connectivity index (χ1n) is 12.9. The van der Waals surface area contributed by atoms with Gasteiger partial charge in [0.2, 0.25) is 11.8 Å². The lowest BCUT2D eigenvalue weighted by atomic mass is 10.1. The Kier molecular flexibility index (Phi) is 9.86. The maximum atomic E-state index is 13.9. The van der Waals surface area contributed by atoms with Crippen molar-refractivity contribution in [2.45, 2.75) is 52.1 Å². The number of aryl methyl sites for hydroxylation is 2. The van der Waals surface area contributed by atoms with E-state index in [4.69, 9.17) is 0 Å². The van der Waals surface area contributed by atoms with Gasteiger partial charge in [0.05, 0.1) is 10.6 Å². The highest BCUT2D eigenvalue weighted by Crippen LogP contribution is 2.28. The van der Waals surface area contributed by atoms with Crippen molar-refractivity contribution in [3.63, 3.8) is 0 Å². The van der Waals surface area contributed by atoms with Gasteiger partial charge < -0.3 is 10.2 Å². The molecular formula is C30H36FN3O4S. The third kappa shape index (κ3) is 7.66. The van der Waals surface area contributed by atoms with Crippen LogP contribution in [0.3, 0.4) is 0 Å². The third-order valence-corrected chi connectivity index (χ3v) is 8.12. The van der Waals surface area contributed by atoms with Crippen LogP contribution in [-0.2, 0) is 26.2 Å². The zero-order valence-electron chi connectivity index (χ0n) is 23.0. The van der Waals surface area contributed by atoms with Gasteiger partial charge >= 0.3 is 0 Å². The summed E-state index contributed by atoms with van der Waals surface area (Å²) in [4.78, 5) is 28.3. The molecule has 0 aromatic heterocycles. The highest BCUT2D eigenvalue weighted by atomic mass is 32.2. The van der Waals surface area contributed by atoms with Crippen LogP contribution in [0.5, 0.6) is 0 Å². The number of hydrogen-bond acceptors (Lipinski definition) is 4. The van der Waals surface area contributed by atoms with Gasteiger partial charge in [0.25, 0.3) is 10.0 Å². The second-order valence-corrected chi connectivity index (χ2v) is 11.9. The lowest BCUT2D eigenvalue weighted by Gasteiger charge is -2.32. The number of carbonyl (C=O) groups excluding carboxylic acids is 2. The van der Waals surface area contributed by atoms with Gasteiger partial charge in [0.1, 0.15) is 18.4 Å². The van der Waals surface area contributed by atoms with Gasteiger partial charge in [-0.25, -0.2) is 12.8 Å². The minimum Gasteiger partial charge on any atom is -0.354 e. The Labute approximate surface area is 230 Å². The molecular weight excluding hydrogens is 517 g/mol. The highest BCUT2D eigenvalue weighted by Gasteiger charge is 2.33. The fraction of sp³-hybridized carbons (Fsp3) is 0.333. The molecule has 0 aliphatic carbocycles. The van der Waals surface area contributed by atoms with Crippen LogP contribution in [0.1, 0.15) is 37.5 Å². The predicted molar refractivity (Wildman–Crippen MR) is 151 cm³/mol. The van der Waals surface area contributed by atoms with Gasteiger partial charge in [0.15, 0.2) is 0 Å². The quantitative estimate of drug-likeness (QED) is 0.369. The van der Waals surface area contributed by atoms with Crippen molar-refractivity contribution in [3.05, 3.63) is 95.3 Å². The van der Waals surface area contributed by atoms with Crippen molar-refractivity contribution in [2.75, 3.05) is 17.4 Å². The maximum Gasteiger partial charge on any atom is 0.264 e. The number of hydrogen-bond donors (Lipinski definition) is 1. The first kappa shape index (κ1) is 29.8. The fourth-order valence-electron chi connectivity index (χ4n) is 4.14. The molecule has 3 aromatic rings. The molecule has 1 N–H and O–H groups in total. The normalized spacial score (nSPS) is 12.2. The number of sulfonamides is 1. The average Bonchev–Trinajstić information content (AvgIpc) is 2.90. The van der Waals surface area contributed by atoms with E-state index in [1.54, 1.807) is 44.2 Å². The van der Waals surface area contributed by atoms with E-state index in [-0.39, 0.29) is 23.3 Å². The molecule has 2 amide bonds. The Morgan fingerprint density at radius 1 is 0.923 bits per heavy atom. The highest BCUT2D eigenvalue weighted by molar-refractivity contribution is 7.92. The molecule has 0 spiro atoms. The fourth-order valence-corrected chi connectivity index (χ4v) is 5.64. The number of nitrogens with one attached hydrogen (secondary N) is 1. The molecule has 0 unspecified atom stereocenters. The van der Waals surface area contributed by atoms with Crippen molar-refractivity contribution >= 4 is 27.5 Å². The summed E-state index contributed by atoms with van der Waals surface area (Å²) in [6.45, 7) is 9.12. The summed E-state index contributed by atoms with van der Waals surface area (Å²) >= 11 is 0. The molecule has 3 rings (SSSR count). The number of anilines is 1. The summed E-state index contributed by atoms with van der Waals surface area (Å²) in [5.41, 5.74) is 2.62. The number of benzene rings is 3. The van der Waals surface area contributed by atoms with E-state index in [1.807, 2.05) is 26.8 Å². The van der Waals surface area contributed by atoms with E-state index in [1.165, 1.54) is 41.3 Å². The van der Waals surface area contributed by atoms with Gasteiger partial charge in [-0.15, -0.1) is 0 Å². The number of carbonyl (C=O) groups is 2. The molecule has 0 radical (unpaired) electrons. The summed E-state index contributed by atoms with van der Waals surface area (Å²) in [6, 6.07) is 18.0. The summed E-state index contributed by atoms with van der Waals surface area (Å²) in [5.74, 6) is -1.14. The molecule has 3 aromatic carbocycles. The Morgan fingerprint density at radius 3 is 2.15 bits per heavy atom. The molecule has 0 aliphatic heterocycles. The van der Waals surface area contributed by atoms with Crippen LogP contribution in [0.2, 0.25) is 0 Å². The van der Waals surface area contributed by atoms with E-state index >= 15 is 0 Å². The van der Waals surface area contributed by atoms with Crippen LogP contribution in [0.25, 0.3) is 0 Å². The number of halogens is 1. The van der Waals surface area contributed by atoms with Crippen LogP contribution in [0.15, 0.2) is 77.7 Å². The van der Waals surface area contributed by atoms with E-state index < -0.39 is 34.3 Å². The van der Waals surface area contributed by atoms with E-state index in [0.717, 1.165) is 9.87 Å². The van der Waals surface area contributed by atoms with E-state index in [9.17, 15) is 22.4 Å². The summed E-state index contributed by atoms with van der Waals surface area (Å²) in [6.07, 6.45) is 0. The minimum absolute atomic E-state index is 0.00147. The molecule has 39 heavy (non-hydrogen) atoms. The largest absolute Gasteiger partial charge is 0.354 e. The maximum absolute atomic E-state index is 13.9. The molecule has 0 bridgehead atoms. The minimum atomic E-state index is -4.13. The Morgan fingerprint density at radius 2 is 1.56 bits per heavy atom. The molecule has 0 heterocycles. The molecule has 0 fully saturated rings. The van der Waals surface area contributed by atoms with Crippen LogP contribution in [0.4, 0.5) is 10.1 Å². The van der Waals surface area contributed by atoms with Crippen molar-refractivity contribution in [2.24, 2.45) is 5.92 Å². The van der Waals surface area contributed by atoms with Gasteiger partial charge in [-0.3, -0.25) is 13.9 Å². The summed E-state index contributed by atoms with van der Waals surface area (Å²) in [5, 5.41) is 2.84. The molecule has 0 saturated carbocycles. The van der Waals surface area contributed by atoms with Gasteiger partial charge in [-0.05, 0) is 68.1 Å². The Hall–Kier alpha value is -3.72. The smallest absolute Gasteiger partial charge is 0.264 e. The number of rotatable bonds is 11. The third-order valence-electron chi connectivity index (χ3n) is 6.35. The van der Waals surface area contributed by atoms with Crippen molar-refractivity contribution in [1.29, 1.82) is 0 Å². The summed E-state index contributed by atoms with van der Waals surface area (Å²) in [7, 11) is -4.13. The van der Waals surface area contributed by atoms with Crippen molar-refractivity contribution in [1.82, 2.24) is 10.2 Å². The predicted octanol–water partition coefficient (Wildman–Crippen LogP) is 4.83. The first-order valence-corrected chi connectivity index (χ1v) is 14.3. The van der Waals surface area contributed by atoms with E-state index in [0.29, 0.717) is 23.4 Å². The molecule has 7 nitrogen and oxygen atoms in total. The van der Waals surface area contributed by atoms with Crippen LogP contribution < -0.4 is 9.62 Å². The van der Waals surface area contributed by atoms with Gasteiger partial charge in [-0.2, -0.15) is 0 Å². The molecule has 0 aliphatic rings. The van der Waals surface area contributed by atoms with Crippen molar-refractivity contribution in [3.8, 4) is 0 Å².